The molecule has 0 bridgehead atoms. The van der Waals surface area contributed by atoms with E-state index in [2.05, 4.69) is 5.32 Å². The molecule has 3 heteroatoms. The standard InChI is InChI=1S/C9H13NO2/c1-3-8(11)10-7-9(2)5-4-6-12-9/h1H,4-7H2,2H3,(H,10,11). The lowest BCUT2D eigenvalue weighted by Crippen LogP contribution is -2.39. The number of rotatable bonds is 2. The highest BCUT2D eigenvalue weighted by atomic mass is 16.5. The number of carbonyl (C=O) groups is 1. The molecule has 0 saturated carbocycles. The third kappa shape index (κ3) is 2.24. The van der Waals surface area contributed by atoms with Gasteiger partial charge in [0.05, 0.1) is 5.60 Å². The first-order chi connectivity index (χ1) is 5.66. The Morgan fingerprint density at radius 1 is 1.83 bits per heavy atom. The smallest absolute Gasteiger partial charge is 0.295 e. The first kappa shape index (κ1) is 9.08. The van der Waals surface area contributed by atoms with Crippen LogP contribution in [0.25, 0.3) is 0 Å². The van der Waals surface area contributed by atoms with Crippen LogP contribution in [0.3, 0.4) is 0 Å². The second kappa shape index (κ2) is 3.59. The lowest BCUT2D eigenvalue weighted by molar-refractivity contribution is -0.116. The summed E-state index contributed by atoms with van der Waals surface area (Å²) < 4.78 is 5.45. The van der Waals surface area contributed by atoms with E-state index in [4.69, 9.17) is 11.2 Å². The van der Waals surface area contributed by atoms with Crippen LogP contribution in [0.1, 0.15) is 19.8 Å². The minimum atomic E-state index is -0.369. The van der Waals surface area contributed by atoms with Crippen molar-refractivity contribution in [3.8, 4) is 12.3 Å². The largest absolute Gasteiger partial charge is 0.373 e. The fraction of sp³-hybridized carbons (Fsp3) is 0.667. The van der Waals surface area contributed by atoms with E-state index in [1.165, 1.54) is 0 Å². The first-order valence-electron chi connectivity index (χ1n) is 4.05. The van der Waals surface area contributed by atoms with Gasteiger partial charge in [-0.25, -0.2) is 0 Å². The van der Waals surface area contributed by atoms with Crippen molar-refractivity contribution in [2.75, 3.05) is 13.2 Å². The number of amides is 1. The van der Waals surface area contributed by atoms with Crippen molar-refractivity contribution in [1.82, 2.24) is 5.32 Å². The van der Waals surface area contributed by atoms with E-state index < -0.39 is 0 Å². The van der Waals surface area contributed by atoms with Crippen molar-refractivity contribution in [3.05, 3.63) is 0 Å². The molecule has 1 fully saturated rings. The molecule has 1 aliphatic heterocycles. The summed E-state index contributed by atoms with van der Waals surface area (Å²) in [6.07, 6.45) is 6.94. The molecule has 12 heavy (non-hydrogen) atoms. The van der Waals surface area contributed by atoms with Crippen molar-refractivity contribution in [2.45, 2.75) is 25.4 Å². The monoisotopic (exact) mass is 167 g/mol. The predicted molar refractivity (Wildman–Crippen MR) is 45.4 cm³/mol. The van der Waals surface area contributed by atoms with Gasteiger partial charge in [0, 0.05) is 13.2 Å². The lowest BCUT2D eigenvalue weighted by atomic mass is 10.0. The number of carbonyl (C=O) groups excluding carboxylic acids is 1. The van der Waals surface area contributed by atoms with E-state index >= 15 is 0 Å². The van der Waals surface area contributed by atoms with Gasteiger partial charge in [0.1, 0.15) is 0 Å². The molecule has 1 rings (SSSR count). The van der Waals surface area contributed by atoms with E-state index in [9.17, 15) is 4.79 Å². The average Bonchev–Trinajstić information content (AvgIpc) is 2.49. The zero-order valence-corrected chi connectivity index (χ0v) is 7.22. The van der Waals surface area contributed by atoms with Crippen molar-refractivity contribution < 1.29 is 9.53 Å². The van der Waals surface area contributed by atoms with Gasteiger partial charge < -0.3 is 10.1 Å². The summed E-state index contributed by atoms with van der Waals surface area (Å²) in [6, 6.07) is 0. The lowest BCUT2D eigenvalue weighted by Gasteiger charge is -2.22. The molecule has 0 aromatic rings. The fourth-order valence-corrected chi connectivity index (χ4v) is 1.29. The summed E-state index contributed by atoms with van der Waals surface area (Å²) in [7, 11) is 0. The van der Waals surface area contributed by atoms with E-state index in [0.29, 0.717) is 6.54 Å². The van der Waals surface area contributed by atoms with Crippen LogP contribution in [-0.2, 0) is 9.53 Å². The minimum Gasteiger partial charge on any atom is -0.373 e. The van der Waals surface area contributed by atoms with Crippen LogP contribution in [0.5, 0.6) is 0 Å². The third-order valence-electron chi connectivity index (χ3n) is 2.05. The molecule has 0 aromatic heterocycles. The predicted octanol–water partition coefficient (Wildman–Crippen LogP) is 0.305. The van der Waals surface area contributed by atoms with Crippen molar-refractivity contribution in [3.63, 3.8) is 0 Å². The van der Waals surface area contributed by atoms with Crippen molar-refractivity contribution in [1.29, 1.82) is 0 Å². The van der Waals surface area contributed by atoms with E-state index in [1.807, 2.05) is 12.8 Å². The van der Waals surface area contributed by atoms with Crippen LogP contribution in [0.2, 0.25) is 0 Å². The molecule has 1 unspecified atom stereocenters. The molecule has 0 aliphatic carbocycles. The number of nitrogens with one attached hydrogen (secondary N) is 1. The van der Waals surface area contributed by atoms with E-state index in [1.54, 1.807) is 0 Å². The van der Waals surface area contributed by atoms with Crippen LogP contribution in [0.15, 0.2) is 0 Å². The van der Waals surface area contributed by atoms with Crippen LogP contribution < -0.4 is 5.32 Å². The van der Waals surface area contributed by atoms with Crippen LogP contribution in [0.4, 0.5) is 0 Å². The molecule has 3 nitrogen and oxygen atoms in total. The third-order valence-corrected chi connectivity index (χ3v) is 2.05. The molecule has 66 valence electrons. The van der Waals surface area contributed by atoms with Gasteiger partial charge in [0.25, 0.3) is 5.91 Å². The minimum absolute atomic E-state index is 0.202. The number of hydrogen-bond acceptors (Lipinski definition) is 2. The van der Waals surface area contributed by atoms with Crippen LogP contribution in [0, 0.1) is 12.3 Å². The van der Waals surface area contributed by atoms with Gasteiger partial charge in [-0.1, -0.05) is 0 Å². The molecule has 1 amide bonds. The molecular formula is C9H13NO2. The Kier molecular flexibility index (Phi) is 2.72. The first-order valence-corrected chi connectivity index (χ1v) is 4.05. The average molecular weight is 167 g/mol. The Morgan fingerprint density at radius 2 is 2.58 bits per heavy atom. The van der Waals surface area contributed by atoms with Crippen molar-refractivity contribution in [2.24, 2.45) is 0 Å². The molecule has 1 N–H and O–H groups in total. The molecule has 0 aromatic carbocycles. The Morgan fingerprint density at radius 3 is 3.08 bits per heavy atom. The molecule has 1 heterocycles. The van der Waals surface area contributed by atoms with Crippen molar-refractivity contribution >= 4 is 5.91 Å². The summed E-state index contributed by atoms with van der Waals surface area (Å²) in [6.45, 7) is 3.27. The topological polar surface area (TPSA) is 38.3 Å². The maximum absolute atomic E-state index is 10.7. The quantitative estimate of drug-likeness (QED) is 0.601. The van der Waals surface area contributed by atoms with Crippen LogP contribution in [-0.4, -0.2) is 24.7 Å². The molecule has 1 aliphatic rings. The zero-order valence-electron chi connectivity index (χ0n) is 7.22. The summed E-state index contributed by atoms with van der Waals surface area (Å²) in [5.41, 5.74) is -0.202. The highest BCUT2D eigenvalue weighted by Crippen LogP contribution is 2.23. The van der Waals surface area contributed by atoms with Gasteiger partial charge in [-0.05, 0) is 25.7 Å². The normalized spacial score (nSPS) is 28.0. The maximum atomic E-state index is 10.7. The Labute approximate surface area is 72.5 Å². The molecule has 1 saturated heterocycles. The Balaban J connectivity index is 2.31. The zero-order chi connectivity index (χ0) is 9.03. The molecule has 0 spiro atoms. The highest BCUT2D eigenvalue weighted by molar-refractivity contribution is 5.92. The van der Waals surface area contributed by atoms with E-state index in [0.717, 1.165) is 19.4 Å². The van der Waals surface area contributed by atoms with E-state index in [-0.39, 0.29) is 11.5 Å². The number of hydrogen-bond donors (Lipinski definition) is 1. The van der Waals surface area contributed by atoms with Gasteiger partial charge in [-0.2, -0.15) is 0 Å². The summed E-state index contributed by atoms with van der Waals surface area (Å²) >= 11 is 0. The Bertz CT molecular complexity index is 211. The van der Waals surface area contributed by atoms with Crippen LogP contribution >= 0.6 is 0 Å². The van der Waals surface area contributed by atoms with Gasteiger partial charge in [0.2, 0.25) is 0 Å². The molecular weight excluding hydrogens is 154 g/mol. The highest BCUT2D eigenvalue weighted by Gasteiger charge is 2.29. The van der Waals surface area contributed by atoms with Gasteiger partial charge >= 0.3 is 0 Å². The van der Waals surface area contributed by atoms with Gasteiger partial charge in [-0.15, -0.1) is 6.42 Å². The van der Waals surface area contributed by atoms with Gasteiger partial charge in [0.15, 0.2) is 0 Å². The summed E-state index contributed by atoms with van der Waals surface area (Å²) in [5.74, 6) is 1.63. The van der Waals surface area contributed by atoms with Gasteiger partial charge in [-0.3, -0.25) is 4.79 Å². The molecule has 0 radical (unpaired) electrons. The Hall–Kier alpha value is -1.01. The summed E-state index contributed by atoms with van der Waals surface area (Å²) in [4.78, 5) is 10.7. The molecule has 1 atom stereocenters. The second-order valence-corrected chi connectivity index (χ2v) is 3.23. The SMILES string of the molecule is C#CC(=O)NCC1(C)CCCO1. The fourth-order valence-electron chi connectivity index (χ4n) is 1.29. The summed E-state index contributed by atoms with van der Waals surface area (Å²) in [5, 5.41) is 2.61. The number of ether oxygens (including phenoxy) is 1. The number of terminal acetylenes is 1. The second-order valence-electron chi connectivity index (χ2n) is 3.23. The maximum Gasteiger partial charge on any atom is 0.295 e.